The van der Waals surface area contributed by atoms with Crippen LogP contribution in [0.1, 0.15) is 5.56 Å². The van der Waals surface area contributed by atoms with Gasteiger partial charge in [-0.1, -0.05) is 0 Å². The van der Waals surface area contributed by atoms with Crippen molar-refractivity contribution in [1.29, 1.82) is 5.26 Å². The molecular formula is C9H11N3OS. The van der Waals surface area contributed by atoms with Crippen molar-refractivity contribution < 1.29 is 4.21 Å². The highest BCUT2D eigenvalue weighted by Crippen LogP contribution is 2.04. The Labute approximate surface area is 85.4 Å². The highest BCUT2D eigenvalue weighted by Gasteiger charge is 1.96. The summed E-state index contributed by atoms with van der Waals surface area (Å²) in [6, 6.07) is 5.33. The number of anilines is 1. The molecular weight excluding hydrogens is 198 g/mol. The SMILES string of the molecule is CS(=O)CCNc1cc(C#N)ccn1. The lowest BCUT2D eigenvalue weighted by Crippen LogP contribution is -2.10. The molecule has 0 aliphatic rings. The first-order valence-electron chi connectivity index (χ1n) is 4.12. The van der Waals surface area contributed by atoms with Crippen molar-refractivity contribution in [3.8, 4) is 6.07 Å². The van der Waals surface area contributed by atoms with Crippen LogP contribution in [0.5, 0.6) is 0 Å². The van der Waals surface area contributed by atoms with Crippen LogP contribution in [0.15, 0.2) is 18.3 Å². The van der Waals surface area contributed by atoms with Gasteiger partial charge in [0.2, 0.25) is 0 Å². The Morgan fingerprint density at radius 2 is 2.50 bits per heavy atom. The van der Waals surface area contributed by atoms with Crippen LogP contribution in [0.3, 0.4) is 0 Å². The molecule has 1 heterocycles. The summed E-state index contributed by atoms with van der Waals surface area (Å²) in [6.45, 7) is 0.602. The average Bonchev–Trinajstić information content (AvgIpc) is 2.18. The van der Waals surface area contributed by atoms with Crippen molar-refractivity contribution in [2.75, 3.05) is 23.9 Å². The summed E-state index contributed by atoms with van der Waals surface area (Å²) in [5, 5.41) is 11.6. The molecule has 1 aromatic rings. The molecule has 0 aliphatic carbocycles. The predicted molar refractivity (Wildman–Crippen MR) is 56.4 cm³/mol. The maximum absolute atomic E-state index is 10.8. The molecule has 0 saturated carbocycles. The summed E-state index contributed by atoms with van der Waals surface area (Å²) in [6.07, 6.45) is 3.23. The molecule has 1 atom stereocenters. The second-order valence-electron chi connectivity index (χ2n) is 2.75. The van der Waals surface area contributed by atoms with Crippen LogP contribution in [0.4, 0.5) is 5.82 Å². The first-order valence-corrected chi connectivity index (χ1v) is 5.85. The molecule has 1 aromatic heterocycles. The number of nitrogens with one attached hydrogen (secondary N) is 1. The third-order valence-corrected chi connectivity index (χ3v) is 2.36. The zero-order valence-electron chi connectivity index (χ0n) is 7.86. The van der Waals surface area contributed by atoms with Crippen molar-refractivity contribution in [3.63, 3.8) is 0 Å². The fourth-order valence-electron chi connectivity index (χ4n) is 0.920. The minimum atomic E-state index is -0.802. The van der Waals surface area contributed by atoms with E-state index < -0.39 is 10.8 Å². The smallest absolute Gasteiger partial charge is 0.127 e. The van der Waals surface area contributed by atoms with E-state index >= 15 is 0 Å². The molecule has 0 bridgehead atoms. The third kappa shape index (κ3) is 3.54. The quantitative estimate of drug-likeness (QED) is 0.794. The number of aromatic nitrogens is 1. The van der Waals surface area contributed by atoms with Crippen LogP contribution in [-0.4, -0.2) is 27.7 Å². The molecule has 1 unspecified atom stereocenters. The Bertz CT molecular complexity index is 373. The van der Waals surface area contributed by atoms with Gasteiger partial charge in [0.15, 0.2) is 0 Å². The molecule has 0 aliphatic heterocycles. The van der Waals surface area contributed by atoms with Gasteiger partial charge in [0.05, 0.1) is 11.6 Å². The summed E-state index contributed by atoms with van der Waals surface area (Å²) in [4.78, 5) is 4.02. The van der Waals surface area contributed by atoms with Gasteiger partial charge >= 0.3 is 0 Å². The Morgan fingerprint density at radius 1 is 1.71 bits per heavy atom. The third-order valence-electron chi connectivity index (χ3n) is 1.58. The molecule has 5 heteroatoms. The summed E-state index contributed by atoms with van der Waals surface area (Å²) < 4.78 is 10.8. The second-order valence-corrected chi connectivity index (χ2v) is 4.30. The minimum absolute atomic E-state index is 0.570. The molecule has 0 amide bonds. The number of rotatable bonds is 4. The average molecular weight is 209 g/mol. The molecule has 0 saturated heterocycles. The van der Waals surface area contributed by atoms with Crippen molar-refractivity contribution >= 4 is 16.6 Å². The maximum Gasteiger partial charge on any atom is 0.127 e. The zero-order valence-corrected chi connectivity index (χ0v) is 8.67. The van der Waals surface area contributed by atoms with Gasteiger partial charge in [-0.25, -0.2) is 4.98 Å². The van der Waals surface area contributed by atoms with Crippen molar-refractivity contribution in [3.05, 3.63) is 23.9 Å². The van der Waals surface area contributed by atoms with Crippen LogP contribution in [-0.2, 0) is 10.8 Å². The summed E-state index contributed by atoms with van der Waals surface area (Å²) >= 11 is 0. The number of hydrogen-bond donors (Lipinski definition) is 1. The van der Waals surface area contributed by atoms with Crippen molar-refractivity contribution in [2.24, 2.45) is 0 Å². The maximum atomic E-state index is 10.8. The molecule has 74 valence electrons. The summed E-state index contributed by atoms with van der Waals surface area (Å²) in [5.41, 5.74) is 0.570. The minimum Gasteiger partial charge on any atom is -0.369 e. The Morgan fingerprint density at radius 3 is 3.14 bits per heavy atom. The van der Waals surface area contributed by atoms with Gasteiger partial charge in [0.25, 0.3) is 0 Å². The first-order chi connectivity index (χ1) is 6.72. The van der Waals surface area contributed by atoms with E-state index in [1.165, 1.54) is 0 Å². The molecule has 0 spiro atoms. The normalized spacial score (nSPS) is 11.7. The van der Waals surface area contributed by atoms with E-state index in [9.17, 15) is 4.21 Å². The van der Waals surface area contributed by atoms with E-state index in [0.29, 0.717) is 23.7 Å². The van der Waals surface area contributed by atoms with Crippen LogP contribution in [0.2, 0.25) is 0 Å². The van der Waals surface area contributed by atoms with Gasteiger partial charge in [-0.05, 0) is 12.1 Å². The van der Waals surface area contributed by atoms with Gasteiger partial charge in [-0.2, -0.15) is 5.26 Å². The van der Waals surface area contributed by atoms with Gasteiger partial charge in [0.1, 0.15) is 5.82 Å². The van der Waals surface area contributed by atoms with E-state index in [0.717, 1.165) is 0 Å². The van der Waals surface area contributed by atoms with E-state index in [-0.39, 0.29) is 0 Å². The lowest BCUT2D eigenvalue weighted by Gasteiger charge is -2.03. The fourth-order valence-corrected chi connectivity index (χ4v) is 1.31. The van der Waals surface area contributed by atoms with E-state index in [1.807, 2.05) is 6.07 Å². The van der Waals surface area contributed by atoms with E-state index in [2.05, 4.69) is 10.3 Å². The Hall–Kier alpha value is -1.41. The van der Waals surface area contributed by atoms with Gasteiger partial charge in [0, 0.05) is 35.5 Å². The van der Waals surface area contributed by atoms with Gasteiger partial charge in [-0.3, -0.25) is 4.21 Å². The van der Waals surface area contributed by atoms with Crippen LogP contribution >= 0.6 is 0 Å². The van der Waals surface area contributed by atoms with Crippen molar-refractivity contribution in [2.45, 2.75) is 0 Å². The molecule has 0 fully saturated rings. The summed E-state index contributed by atoms with van der Waals surface area (Å²) in [5.74, 6) is 1.23. The monoisotopic (exact) mass is 209 g/mol. The summed E-state index contributed by atoms with van der Waals surface area (Å²) in [7, 11) is -0.802. The number of nitrogens with zero attached hydrogens (tertiary/aromatic N) is 2. The lowest BCUT2D eigenvalue weighted by molar-refractivity contribution is 0.687. The number of hydrogen-bond acceptors (Lipinski definition) is 4. The lowest BCUT2D eigenvalue weighted by atomic mass is 10.3. The number of nitriles is 1. The highest BCUT2D eigenvalue weighted by atomic mass is 32.2. The zero-order chi connectivity index (χ0) is 10.4. The Kier molecular flexibility index (Phi) is 4.08. The fraction of sp³-hybridized carbons (Fsp3) is 0.333. The van der Waals surface area contributed by atoms with E-state index in [4.69, 9.17) is 5.26 Å². The first kappa shape index (κ1) is 10.7. The molecule has 1 N–H and O–H groups in total. The van der Waals surface area contributed by atoms with E-state index in [1.54, 1.807) is 24.6 Å². The van der Waals surface area contributed by atoms with Crippen molar-refractivity contribution in [1.82, 2.24) is 4.98 Å². The molecule has 0 aromatic carbocycles. The van der Waals surface area contributed by atoms with Crippen LogP contribution in [0.25, 0.3) is 0 Å². The van der Waals surface area contributed by atoms with Crippen LogP contribution in [0, 0.1) is 11.3 Å². The topological polar surface area (TPSA) is 65.8 Å². The van der Waals surface area contributed by atoms with Crippen LogP contribution < -0.4 is 5.32 Å². The number of pyridine rings is 1. The second kappa shape index (κ2) is 5.35. The molecule has 1 rings (SSSR count). The molecule has 4 nitrogen and oxygen atoms in total. The highest BCUT2D eigenvalue weighted by molar-refractivity contribution is 7.84. The molecule has 14 heavy (non-hydrogen) atoms. The molecule has 0 radical (unpaired) electrons. The van der Waals surface area contributed by atoms with Gasteiger partial charge < -0.3 is 5.32 Å². The van der Waals surface area contributed by atoms with Gasteiger partial charge in [-0.15, -0.1) is 0 Å². The Balaban J connectivity index is 2.51. The predicted octanol–water partition coefficient (Wildman–Crippen LogP) is 0.744. The standard InChI is InChI=1S/C9H11N3OS/c1-14(13)5-4-12-9-6-8(7-10)2-3-11-9/h2-3,6H,4-5H2,1H3,(H,11,12). The largest absolute Gasteiger partial charge is 0.369 e.